The molecule has 1 heterocycles. The first-order valence-corrected chi connectivity index (χ1v) is 12.7. The number of allylic oxidation sites excluding steroid dienone is 2. The van der Waals surface area contributed by atoms with Crippen LogP contribution in [0.25, 0.3) is 0 Å². The Bertz CT molecular complexity index is 1180. The lowest BCUT2D eigenvalue weighted by molar-refractivity contribution is -0.119. The van der Waals surface area contributed by atoms with Crippen LogP contribution in [-0.2, 0) is 20.9 Å². The highest BCUT2D eigenvalue weighted by atomic mass is 16.6. The van der Waals surface area contributed by atoms with Crippen LogP contribution in [-0.4, -0.2) is 48.0 Å². The molecular formula is C29H33N3O6. The molecule has 9 heteroatoms. The van der Waals surface area contributed by atoms with Gasteiger partial charge in [-0.2, -0.15) is 0 Å². The predicted molar refractivity (Wildman–Crippen MR) is 142 cm³/mol. The third kappa shape index (κ3) is 7.80. The number of Topliss-reactive ketones (excluding diaryl/α,β-unsaturated/α-hetero) is 1. The monoisotopic (exact) mass is 519 g/mol. The first-order chi connectivity index (χ1) is 18.4. The quantitative estimate of drug-likeness (QED) is 0.416. The van der Waals surface area contributed by atoms with Gasteiger partial charge < -0.3 is 20.1 Å². The zero-order chi connectivity index (χ0) is 27.3. The van der Waals surface area contributed by atoms with E-state index < -0.39 is 24.1 Å². The smallest absolute Gasteiger partial charge is 0.414 e. The van der Waals surface area contributed by atoms with Crippen LogP contribution < -0.4 is 10.6 Å². The number of hydrogen-bond acceptors (Lipinski definition) is 6. The first kappa shape index (κ1) is 28.2. The lowest BCUT2D eigenvalue weighted by atomic mass is 9.93. The highest BCUT2D eigenvalue weighted by Gasteiger charge is 2.34. The zero-order valence-electron chi connectivity index (χ0n) is 21.6. The highest BCUT2D eigenvalue weighted by Crippen LogP contribution is 2.27. The second-order valence-electron chi connectivity index (χ2n) is 8.57. The average molecular weight is 520 g/mol. The van der Waals surface area contributed by atoms with Crippen LogP contribution >= 0.6 is 0 Å². The summed E-state index contributed by atoms with van der Waals surface area (Å²) >= 11 is 0. The molecule has 0 saturated heterocycles. The van der Waals surface area contributed by atoms with E-state index in [1.54, 1.807) is 37.3 Å². The van der Waals surface area contributed by atoms with Crippen LogP contribution in [0.4, 0.5) is 9.59 Å². The minimum Gasteiger partial charge on any atom is -0.449 e. The number of nitrogens with one attached hydrogen (secondary N) is 2. The summed E-state index contributed by atoms with van der Waals surface area (Å²) in [6.07, 6.45) is 3.77. The van der Waals surface area contributed by atoms with E-state index in [1.165, 1.54) is 17.2 Å². The van der Waals surface area contributed by atoms with Gasteiger partial charge in [0.1, 0.15) is 13.2 Å². The molecule has 0 saturated carbocycles. The number of nitrogens with zero attached hydrogens (tertiary/aromatic N) is 1. The molecule has 1 aliphatic heterocycles. The molecule has 1 atom stereocenters. The van der Waals surface area contributed by atoms with Crippen LogP contribution in [0, 0.1) is 0 Å². The molecule has 1 unspecified atom stereocenters. The maximum atomic E-state index is 13.4. The number of ether oxygens (including phenoxy) is 2. The minimum atomic E-state index is -0.752. The molecule has 38 heavy (non-hydrogen) atoms. The lowest BCUT2D eigenvalue weighted by Crippen LogP contribution is -2.47. The van der Waals surface area contributed by atoms with E-state index in [1.807, 2.05) is 37.3 Å². The van der Waals surface area contributed by atoms with Crippen molar-refractivity contribution in [1.29, 1.82) is 0 Å². The number of hydrogen-bond donors (Lipinski definition) is 2. The standard InChI is InChI=1S/C29H33N3O6/c1-3-5-16-24-26(31-25(33)19-30-28(35)38-20-21-12-8-6-9-13-21)23(17-18-32(24)29(36)37-4-2)27(34)22-14-10-7-11-15-22/h6-15,17-18,24H,3-5,16,19-20H2,1-2H3,(H,30,35)(H,31,33). The Labute approximate surface area is 222 Å². The van der Waals surface area contributed by atoms with Crippen molar-refractivity contribution in [2.75, 3.05) is 13.2 Å². The third-order valence-electron chi connectivity index (χ3n) is 5.83. The van der Waals surface area contributed by atoms with Gasteiger partial charge in [0, 0.05) is 17.3 Å². The Morgan fingerprint density at radius 1 is 0.921 bits per heavy atom. The van der Waals surface area contributed by atoms with Crippen molar-refractivity contribution in [3.05, 3.63) is 95.3 Å². The van der Waals surface area contributed by atoms with Crippen molar-refractivity contribution in [3.8, 4) is 0 Å². The fourth-order valence-corrected chi connectivity index (χ4v) is 3.95. The second-order valence-corrected chi connectivity index (χ2v) is 8.57. The molecule has 0 bridgehead atoms. The molecule has 0 radical (unpaired) electrons. The molecule has 2 aromatic carbocycles. The van der Waals surface area contributed by atoms with E-state index in [9.17, 15) is 19.2 Å². The van der Waals surface area contributed by atoms with Gasteiger partial charge in [-0.1, -0.05) is 80.4 Å². The molecule has 3 rings (SSSR count). The normalized spacial score (nSPS) is 14.6. The summed E-state index contributed by atoms with van der Waals surface area (Å²) in [5.74, 6) is -0.854. The predicted octanol–water partition coefficient (Wildman–Crippen LogP) is 4.71. The molecule has 2 aromatic rings. The van der Waals surface area contributed by atoms with E-state index in [-0.39, 0.29) is 36.8 Å². The molecule has 9 nitrogen and oxygen atoms in total. The molecule has 0 spiro atoms. The van der Waals surface area contributed by atoms with Gasteiger partial charge in [0.2, 0.25) is 5.91 Å². The molecular weight excluding hydrogens is 486 g/mol. The number of amides is 3. The summed E-state index contributed by atoms with van der Waals surface area (Å²) in [6, 6.07) is 17.2. The molecule has 1 aliphatic rings. The van der Waals surface area contributed by atoms with Crippen molar-refractivity contribution < 1.29 is 28.7 Å². The van der Waals surface area contributed by atoms with E-state index in [2.05, 4.69) is 10.6 Å². The van der Waals surface area contributed by atoms with Crippen LogP contribution in [0.15, 0.2) is 84.2 Å². The lowest BCUT2D eigenvalue weighted by Gasteiger charge is -2.34. The summed E-state index contributed by atoms with van der Waals surface area (Å²) in [7, 11) is 0. The fourth-order valence-electron chi connectivity index (χ4n) is 3.95. The van der Waals surface area contributed by atoms with E-state index >= 15 is 0 Å². The van der Waals surface area contributed by atoms with Crippen molar-refractivity contribution in [2.45, 2.75) is 45.8 Å². The topological polar surface area (TPSA) is 114 Å². The van der Waals surface area contributed by atoms with E-state index in [4.69, 9.17) is 9.47 Å². The number of carbonyl (C=O) groups is 4. The number of alkyl carbamates (subject to hydrolysis) is 1. The summed E-state index contributed by atoms with van der Waals surface area (Å²) < 4.78 is 10.4. The highest BCUT2D eigenvalue weighted by molar-refractivity contribution is 6.11. The first-order valence-electron chi connectivity index (χ1n) is 12.7. The molecule has 0 aromatic heterocycles. The maximum Gasteiger partial charge on any atom is 0.414 e. The van der Waals surface area contributed by atoms with Gasteiger partial charge in [0.05, 0.1) is 18.3 Å². The van der Waals surface area contributed by atoms with Gasteiger partial charge in [0.25, 0.3) is 0 Å². The van der Waals surface area contributed by atoms with Crippen molar-refractivity contribution in [3.63, 3.8) is 0 Å². The molecule has 2 N–H and O–H groups in total. The van der Waals surface area contributed by atoms with Gasteiger partial charge in [-0.15, -0.1) is 0 Å². The van der Waals surface area contributed by atoms with Crippen LogP contribution in [0.2, 0.25) is 0 Å². The summed E-state index contributed by atoms with van der Waals surface area (Å²) in [6.45, 7) is 3.58. The Hall–Kier alpha value is -4.40. The summed E-state index contributed by atoms with van der Waals surface area (Å²) in [5, 5.41) is 5.21. The van der Waals surface area contributed by atoms with Gasteiger partial charge >= 0.3 is 12.2 Å². The van der Waals surface area contributed by atoms with Crippen molar-refractivity contribution in [1.82, 2.24) is 15.5 Å². The number of carbonyl (C=O) groups excluding carboxylic acids is 4. The number of benzene rings is 2. The largest absolute Gasteiger partial charge is 0.449 e. The summed E-state index contributed by atoms with van der Waals surface area (Å²) in [5.41, 5.74) is 1.80. The van der Waals surface area contributed by atoms with Crippen LogP contribution in [0.5, 0.6) is 0 Å². The number of rotatable bonds is 11. The number of ketones is 1. The van der Waals surface area contributed by atoms with Crippen LogP contribution in [0.3, 0.4) is 0 Å². The van der Waals surface area contributed by atoms with Crippen molar-refractivity contribution >= 4 is 23.9 Å². The Morgan fingerprint density at radius 3 is 2.26 bits per heavy atom. The van der Waals surface area contributed by atoms with Gasteiger partial charge in [0.15, 0.2) is 5.78 Å². The van der Waals surface area contributed by atoms with E-state index in [0.29, 0.717) is 12.0 Å². The minimum absolute atomic E-state index is 0.0631. The Balaban J connectivity index is 1.79. The molecule has 3 amide bonds. The molecule has 0 aliphatic carbocycles. The Kier molecular flexibility index (Phi) is 10.7. The molecule has 0 fully saturated rings. The van der Waals surface area contributed by atoms with Gasteiger partial charge in [-0.05, 0) is 25.0 Å². The zero-order valence-corrected chi connectivity index (χ0v) is 21.6. The fraction of sp³-hybridized carbons (Fsp3) is 0.310. The van der Waals surface area contributed by atoms with Gasteiger partial charge in [-0.3, -0.25) is 14.5 Å². The maximum absolute atomic E-state index is 13.4. The van der Waals surface area contributed by atoms with Gasteiger partial charge in [-0.25, -0.2) is 9.59 Å². The van der Waals surface area contributed by atoms with Crippen LogP contribution in [0.1, 0.15) is 49.0 Å². The summed E-state index contributed by atoms with van der Waals surface area (Å²) in [4.78, 5) is 52.6. The number of unbranched alkanes of at least 4 members (excludes halogenated alkanes) is 1. The van der Waals surface area contributed by atoms with Crippen molar-refractivity contribution in [2.24, 2.45) is 0 Å². The average Bonchev–Trinajstić information content (AvgIpc) is 2.94. The Morgan fingerprint density at radius 2 is 1.61 bits per heavy atom. The SMILES string of the molecule is CCCCC1C(NC(=O)CNC(=O)OCc2ccccc2)=C(C(=O)c2ccccc2)C=CN1C(=O)OCC. The molecule has 200 valence electrons. The third-order valence-corrected chi connectivity index (χ3v) is 5.83. The second kappa shape index (κ2) is 14.4. The van der Waals surface area contributed by atoms with E-state index in [0.717, 1.165) is 18.4 Å².